The number of hydrogen-bond acceptors (Lipinski definition) is 4. The monoisotopic (exact) mass is 273 g/mol. The van der Waals surface area contributed by atoms with E-state index in [0.29, 0.717) is 5.75 Å². The van der Waals surface area contributed by atoms with Gasteiger partial charge >= 0.3 is 5.97 Å². The number of ether oxygens (including phenoxy) is 2. The molecule has 1 heterocycles. The minimum atomic E-state index is -1.06. The van der Waals surface area contributed by atoms with Gasteiger partial charge in [-0.25, -0.2) is 4.79 Å². The van der Waals surface area contributed by atoms with Gasteiger partial charge in [0.15, 0.2) is 11.5 Å². The summed E-state index contributed by atoms with van der Waals surface area (Å²) in [5.41, 5.74) is 1.67. The predicted octanol–water partition coefficient (Wildman–Crippen LogP) is 2.68. The van der Waals surface area contributed by atoms with E-state index >= 15 is 0 Å². The van der Waals surface area contributed by atoms with Crippen LogP contribution in [0.4, 0.5) is 0 Å². The topological polar surface area (TPSA) is 68.7 Å². The van der Waals surface area contributed by atoms with Gasteiger partial charge in [0, 0.05) is 5.69 Å². The molecule has 0 radical (unpaired) electrons. The number of benzene rings is 1. The molecule has 0 fully saturated rings. The van der Waals surface area contributed by atoms with Crippen molar-refractivity contribution in [3.63, 3.8) is 0 Å². The van der Waals surface area contributed by atoms with Gasteiger partial charge in [-0.15, -0.1) is 0 Å². The zero-order valence-electron chi connectivity index (χ0n) is 11.3. The molecule has 0 aliphatic carbocycles. The summed E-state index contributed by atoms with van der Waals surface area (Å²) in [6.45, 7) is 2.07. The standard InChI is InChI=1S/C15H15NO4/c1-10-5-3-6-11(16-10)9-20-14-12(15(17)18)7-4-8-13(14)19-2/h3-8H,9H2,1-2H3,(H,17,18). The first kappa shape index (κ1) is 13.9. The maximum absolute atomic E-state index is 11.2. The van der Waals surface area contributed by atoms with Crippen LogP contribution >= 0.6 is 0 Å². The molecule has 0 atom stereocenters. The molecule has 0 amide bonds. The molecule has 104 valence electrons. The van der Waals surface area contributed by atoms with Crippen LogP contribution in [0.1, 0.15) is 21.7 Å². The van der Waals surface area contributed by atoms with Crippen LogP contribution in [0.5, 0.6) is 11.5 Å². The molecule has 2 rings (SSSR count). The van der Waals surface area contributed by atoms with Gasteiger partial charge in [0.05, 0.1) is 12.8 Å². The number of methoxy groups -OCH3 is 1. The second-order valence-electron chi connectivity index (χ2n) is 4.20. The van der Waals surface area contributed by atoms with E-state index in [2.05, 4.69) is 4.98 Å². The van der Waals surface area contributed by atoms with Crippen LogP contribution in [0.15, 0.2) is 36.4 Å². The summed E-state index contributed by atoms with van der Waals surface area (Å²) in [4.78, 5) is 15.5. The van der Waals surface area contributed by atoms with Crippen LogP contribution in [-0.4, -0.2) is 23.2 Å². The number of pyridine rings is 1. The van der Waals surface area contributed by atoms with Gasteiger partial charge in [-0.2, -0.15) is 0 Å². The number of carbonyl (C=O) groups is 1. The van der Waals surface area contributed by atoms with E-state index in [0.717, 1.165) is 11.4 Å². The Balaban J connectivity index is 2.26. The summed E-state index contributed by atoms with van der Waals surface area (Å²) in [5.74, 6) is -0.459. The third kappa shape index (κ3) is 3.06. The highest BCUT2D eigenvalue weighted by Gasteiger charge is 2.16. The van der Waals surface area contributed by atoms with E-state index in [1.807, 2.05) is 25.1 Å². The van der Waals surface area contributed by atoms with Gasteiger partial charge in [0.25, 0.3) is 0 Å². The Labute approximate surface area is 116 Å². The fraction of sp³-hybridized carbons (Fsp3) is 0.200. The first-order chi connectivity index (χ1) is 9.61. The van der Waals surface area contributed by atoms with Gasteiger partial charge in [-0.05, 0) is 31.2 Å². The molecule has 0 unspecified atom stereocenters. The molecule has 5 heteroatoms. The fourth-order valence-electron chi connectivity index (χ4n) is 1.82. The van der Waals surface area contributed by atoms with Gasteiger partial charge < -0.3 is 14.6 Å². The smallest absolute Gasteiger partial charge is 0.339 e. The van der Waals surface area contributed by atoms with Crippen molar-refractivity contribution in [3.8, 4) is 11.5 Å². The van der Waals surface area contributed by atoms with Crippen molar-refractivity contribution in [1.82, 2.24) is 4.98 Å². The molecule has 5 nitrogen and oxygen atoms in total. The van der Waals surface area contributed by atoms with Crippen molar-refractivity contribution in [2.24, 2.45) is 0 Å². The highest BCUT2D eigenvalue weighted by atomic mass is 16.5. The summed E-state index contributed by atoms with van der Waals surface area (Å²) in [6, 6.07) is 10.3. The lowest BCUT2D eigenvalue weighted by Crippen LogP contribution is -2.06. The summed E-state index contributed by atoms with van der Waals surface area (Å²) >= 11 is 0. The Kier molecular flexibility index (Phi) is 4.20. The van der Waals surface area contributed by atoms with Crippen LogP contribution in [0.3, 0.4) is 0 Å². The Morgan fingerprint density at radius 3 is 2.65 bits per heavy atom. The molecule has 1 N–H and O–H groups in total. The van der Waals surface area contributed by atoms with Gasteiger partial charge in [-0.3, -0.25) is 4.98 Å². The third-order valence-electron chi connectivity index (χ3n) is 2.74. The molecule has 0 saturated heterocycles. The average molecular weight is 273 g/mol. The summed E-state index contributed by atoms with van der Waals surface area (Å²) in [5, 5.41) is 9.18. The number of hydrogen-bond donors (Lipinski definition) is 1. The number of carboxylic acids is 1. The molecular formula is C15H15NO4. The Morgan fingerprint density at radius 1 is 1.25 bits per heavy atom. The number of rotatable bonds is 5. The van der Waals surface area contributed by atoms with Crippen molar-refractivity contribution < 1.29 is 19.4 Å². The van der Waals surface area contributed by atoms with Crippen molar-refractivity contribution in [1.29, 1.82) is 0 Å². The summed E-state index contributed by atoms with van der Waals surface area (Å²) in [6.07, 6.45) is 0. The highest BCUT2D eigenvalue weighted by Crippen LogP contribution is 2.31. The maximum Gasteiger partial charge on any atom is 0.339 e. The van der Waals surface area contributed by atoms with Crippen molar-refractivity contribution in [3.05, 3.63) is 53.3 Å². The second kappa shape index (κ2) is 6.06. The van der Waals surface area contributed by atoms with Gasteiger partial charge in [0.2, 0.25) is 0 Å². The van der Waals surface area contributed by atoms with Crippen LogP contribution in [0, 0.1) is 6.92 Å². The Bertz CT molecular complexity index is 625. The minimum absolute atomic E-state index is 0.0667. The van der Waals surface area contributed by atoms with Crippen molar-refractivity contribution in [2.75, 3.05) is 7.11 Å². The number of aromatic nitrogens is 1. The second-order valence-corrected chi connectivity index (χ2v) is 4.20. The molecule has 20 heavy (non-hydrogen) atoms. The summed E-state index contributed by atoms with van der Waals surface area (Å²) < 4.78 is 10.7. The van der Waals surface area contributed by atoms with E-state index in [1.54, 1.807) is 12.1 Å². The highest BCUT2D eigenvalue weighted by molar-refractivity contribution is 5.92. The number of aromatic carboxylic acids is 1. The Morgan fingerprint density at radius 2 is 2.00 bits per heavy atom. The van der Waals surface area contributed by atoms with E-state index in [1.165, 1.54) is 13.2 Å². The van der Waals surface area contributed by atoms with E-state index in [4.69, 9.17) is 9.47 Å². The summed E-state index contributed by atoms with van der Waals surface area (Å²) in [7, 11) is 1.47. The van der Waals surface area contributed by atoms with Crippen LogP contribution in [0.2, 0.25) is 0 Å². The number of carboxylic acid groups (broad SMARTS) is 1. The van der Waals surface area contributed by atoms with E-state index < -0.39 is 5.97 Å². The lowest BCUT2D eigenvalue weighted by atomic mass is 10.2. The van der Waals surface area contributed by atoms with Gasteiger partial charge in [-0.1, -0.05) is 12.1 Å². The normalized spacial score (nSPS) is 10.1. The molecule has 0 aliphatic heterocycles. The first-order valence-corrected chi connectivity index (χ1v) is 6.07. The molecule has 0 saturated carbocycles. The van der Waals surface area contributed by atoms with Crippen LogP contribution in [0.25, 0.3) is 0 Å². The predicted molar refractivity (Wildman–Crippen MR) is 73.3 cm³/mol. The lowest BCUT2D eigenvalue weighted by molar-refractivity contribution is 0.0690. The average Bonchev–Trinajstić information content (AvgIpc) is 2.44. The molecule has 1 aromatic heterocycles. The molecule has 0 aliphatic rings. The zero-order valence-corrected chi connectivity index (χ0v) is 11.3. The zero-order chi connectivity index (χ0) is 14.5. The minimum Gasteiger partial charge on any atom is -0.493 e. The van der Waals surface area contributed by atoms with Gasteiger partial charge in [0.1, 0.15) is 12.2 Å². The van der Waals surface area contributed by atoms with Crippen LogP contribution in [-0.2, 0) is 6.61 Å². The number of nitrogens with zero attached hydrogens (tertiary/aromatic N) is 1. The number of aryl methyl sites for hydroxylation is 1. The molecular weight excluding hydrogens is 258 g/mol. The Hall–Kier alpha value is -2.56. The third-order valence-corrected chi connectivity index (χ3v) is 2.74. The molecule has 1 aromatic carbocycles. The quantitative estimate of drug-likeness (QED) is 0.907. The fourth-order valence-corrected chi connectivity index (χ4v) is 1.82. The number of para-hydroxylation sites is 1. The first-order valence-electron chi connectivity index (χ1n) is 6.07. The van der Waals surface area contributed by atoms with E-state index in [-0.39, 0.29) is 17.9 Å². The molecule has 0 bridgehead atoms. The SMILES string of the molecule is COc1cccc(C(=O)O)c1OCc1cccc(C)n1. The van der Waals surface area contributed by atoms with Crippen molar-refractivity contribution in [2.45, 2.75) is 13.5 Å². The maximum atomic E-state index is 11.2. The van der Waals surface area contributed by atoms with E-state index in [9.17, 15) is 9.90 Å². The lowest BCUT2D eigenvalue weighted by Gasteiger charge is -2.12. The molecule has 2 aromatic rings. The van der Waals surface area contributed by atoms with Crippen LogP contribution < -0.4 is 9.47 Å². The molecule has 0 spiro atoms. The largest absolute Gasteiger partial charge is 0.493 e. The van der Waals surface area contributed by atoms with Crippen molar-refractivity contribution >= 4 is 5.97 Å².